The molecule has 0 unspecified atom stereocenters. The van der Waals surface area contributed by atoms with Crippen molar-refractivity contribution in [1.29, 1.82) is 0 Å². The van der Waals surface area contributed by atoms with Crippen LogP contribution in [-0.4, -0.2) is 123 Å². The molecule has 80 heavy (non-hydrogen) atoms. The van der Waals surface area contributed by atoms with Crippen molar-refractivity contribution < 1.29 is 0 Å². The molecule has 0 aromatic carbocycles. The fraction of sp³-hybridized carbons (Fsp3) is 0.947. The number of allylic oxidation sites excluding steroid dienone is 4. The second kappa shape index (κ2) is 65.8. The van der Waals surface area contributed by atoms with Crippen molar-refractivity contribution in [3.63, 3.8) is 0 Å². The summed E-state index contributed by atoms with van der Waals surface area (Å²) in [6.07, 6.45) is 81.6. The van der Waals surface area contributed by atoms with Gasteiger partial charge in [0.05, 0.1) is 0 Å². The first-order valence-corrected chi connectivity index (χ1v) is 37.6. The summed E-state index contributed by atoms with van der Waals surface area (Å²) < 4.78 is 0. The number of piperazine rings is 1. The van der Waals surface area contributed by atoms with Crippen LogP contribution in [-0.2, 0) is 0 Å². The molecule has 0 bridgehead atoms. The fourth-order valence-electron chi connectivity index (χ4n) is 12.5. The lowest BCUT2D eigenvalue weighted by molar-refractivity contribution is 0.104. The normalized spacial score (nSPS) is 13.8. The third kappa shape index (κ3) is 56.4. The van der Waals surface area contributed by atoms with Gasteiger partial charge >= 0.3 is 0 Å². The van der Waals surface area contributed by atoms with Crippen molar-refractivity contribution in [2.75, 3.05) is 98.2 Å². The van der Waals surface area contributed by atoms with E-state index in [1.807, 2.05) is 0 Å². The van der Waals surface area contributed by atoms with Crippen molar-refractivity contribution in [2.24, 2.45) is 0 Å². The first-order valence-electron chi connectivity index (χ1n) is 37.6. The van der Waals surface area contributed by atoms with E-state index >= 15 is 0 Å². The van der Waals surface area contributed by atoms with E-state index in [0.717, 1.165) is 6.42 Å². The van der Waals surface area contributed by atoms with Gasteiger partial charge in [0.15, 0.2) is 0 Å². The van der Waals surface area contributed by atoms with Crippen molar-refractivity contribution in [1.82, 2.24) is 24.5 Å². The van der Waals surface area contributed by atoms with Crippen molar-refractivity contribution in [3.8, 4) is 0 Å². The Morgan fingerprint density at radius 1 is 0.212 bits per heavy atom. The van der Waals surface area contributed by atoms with E-state index in [9.17, 15) is 0 Å². The maximum Gasteiger partial charge on any atom is 0.0110 e. The van der Waals surface area contributed by atoms with Gasteiger partial charge in [-0.05, 0) is 96.9 Å². The first-order chi connectivity index (χ1) is 39.7. The molecule has 0 saturated carbocycles. The monoisotopic (exact) mass is 1120 g/mol. The summed E-state index contributed by atoms with van der Waals surface area (Å²) in [5.74, 6) is 0. The average molecular weight is 1120 g/mol. The Balaban J connectivity index is 2.71. The Kier molecular flexibility index (Phi) is 63.6. The molecule has 1 rings (SSSR count). The van der Waals surface area contributed by atoms with Crippen molar-refractivity contribution in [2.45, 2.75) is 362 Å². The molecule has 0 aromatic heterocycles. The smallest absolute Gasteiger partial charge is 0.0110 e. The van der Waals surface area contributed by atoms with Crippen LogP contribution < -0.4 is 0 Å². The molecule has 1 fully saturated rings. The zero-order valence-electron chi connectivity index (χ0n) is 56.2. The minimum absolute atomic E-state index is 1.12. The molecule has 0 aromatic rings. The molecule has 0 amide bonds. The van der Waals surface area contributed by atoms with Crippen LogP contribution in [0.3, 0.4) is 0 Å². The second-order valence-electron chi connectivity index (χ2n) is 26.2. The van der Waals surface area contributed by atoms with Gasteiger partial charge in [-0.3, -0.25) is 9.80 Å². The Morgan fingerprint density at radius 2 is 0.412 bits per heavy atom. The molecule has 0 radical (unpaired) electrons. The van der Waals surface area contributed by atoms with Gasteiger partial charge in [-0.25, -0.2) is 0 Å². The van der Waals surface area contributed by atoms with Crippen molar-refractivity contribution in [3.05, 3.63) is 24.3 Å². The highest BCUT2D eigenvalue weighted by Gasteiger charge is 2.19. The third-order valence-corrected chi connectivity index (χ3v) is 18.4. The standard InChI is InChI=1S/C75H151N5/c1-6-11-16-21-26-31-35-36-37-38-39-40-45-49-54-59-64-77(63-58-53-48-43-33-28-23-18-13-8-3)67-70-79-72-74-80(75-73-79)71-69-78(65-60-55-50-44-34-29-24-19-14-9-4)68-66-76(61-56-51-46-41-30-25-20-15-10-5)62-57-52-47-42-32-27-22-17-12-7-2/h26,31,36-37H,6-25,27-30,32-35,38-75H2,1-5H3/b31-26-,37-36-. The van der Waals surface area contributed by atoms with Gasteiger partial charge in [-0.2, -0.15) is 0 Å². The Bertz CT molecular complexity index is 1200. The van der Waals surface area contributed by atoms with Gasteiger partial charge in [-0.1, -0.05) is 322 Å². The largest absolute Gasteiger partial charge is 0.302 e. The molecule has 1 saturated heterocycles. The molecular formula is C75H151N5. The highest BCUT2D eigenvalue weighted by molar-refractivity contribution is 4.92. The van der Waals surface area contributed by atoms with E-state index in [-0.39, 0.29) is 0 Å². The van der Waals surface area contributed by atoms with Gasteiger partial charge in [-0.15, -0.1) is 0 Å². The number of rotatable bonds is 67. The summed E-state index contributed by atoms with van der Waals surface area (Å²) in [5.41, 5.74) is 0. The molecular weight excluding hydrogens is 971 g/mol. The van der Waals surface area contributed by atoms with Crippen LogP contribution in [0.5, 0.6) is 0 Å². The molecule has 0 N–H and O–H groups in total. The number of nitrogens with zero attached hydrogens (tertiary/aromatic N) is 5. The summed E-state index contributed by atoms with van der Waals surface area (Å²) in [5, 5.41) is 0. The molecule has 1 aliphatic heterocycles. The van der Waals surface area contributed by atoms with Gasteiger partial charge in [0.25, 0.3) is 0 Å². The van der Waals surface area contributed by atoms with Gasteiger partial charge in [0.1, 0.15) is 0 Å². The fourth-order valence-corrected chi connectivity index (χ4v) is 12.5. The zero-order chi connectivity index (χ0) is 57.4. The minimum Gasteiger partial charge on any atom is -0.302 e. The summed E-state index contributed by atoms with van der Waals surface area (Å²) in [6, 6.07) is 0. The SMILES string of the molecule is CCCCC/C=C\C/C=C\CCCCCCCCN(CCCCCCCCCCCC)CCN1CCN(CCN(CCCCCCCCCCCC)CCN(CCCCCCCCCCC)CCCCCCCCCCCC)CC1. The van der Waals surface area contributed by atoms with E-state index in [2.05, 4.69) is 83.4 Å². The third-order valence-electron chi connectivity index (χ3n) is 18.4. The highest BCUT2D eigenvalue weighted by Crippen LogP contribution is 2.17. The predicted octanol–water partition coefficient (Wildman–Crippen LogP) is 22.6. The Morgan fingerprint density at radius 3 is 0.688 bits per heavy atom. The quantitative estimate of drug-likeness (QED) is 0.0444. The van der Waals surface area contributed by atoms with Crippen LogP contribution in [0.1, 0.15) is 362 Å². The topological polar surface area (TPSA) is 16.2 Å². The van der Waals surface area contributed by atoms with Gasteiger partial charge in [0, 0.05) is 65.4 Å². The maximum absolute atomic E-state index is 2.93. The van der Waals surface area contributed by atoms with Crippen LogP contribution in [0.25, 0.3) is 0 Å². The van der Waals surface area contributed by atoms with E-state index in [1.54, 1.807) is 0 Å². The summed E-state index contributed by atoms with van der Waals surface area (Å²) in [6.45, 7) is 30.9. The molecule has 0 atom stereocenters. The molecule has 5 nitrogen and oxygen atoms in total. The number of hydrogen-bond acceptors (Lipinski definition) is 5. The lowest BCUT2D eigenvalue weighted by Gasteiger charge is -2.37. The molecule has 0 aliphatic carbocycles. The van der Waals surface area contributed by atoms with E-state index < -0.39 is 0 Å². The van der Waals surface area contributed by atoms with Crippen LogP contribution >= 0.6 is 0 Å². The van der Waals surface area contributed by atoms with E-state index in [0.29, 0.717) is 0 Å². The minimum atomic E-state index is 1.12. The molecule has 5 heteroatoms. The molecule has 476 valence electrons. The second-order valence-corrected chi connectivity index (χ2v) is 26.2. The zero-order valence-corrected chi connectivity index (χ0v) is 56.2. The summed E-state index contributed by atoms with van der Waals surface area (Å²) >= 11 is 0. The lowest BCUT2D eigenvalue weighted by atomic mass is 10.1. The van der Waals surface area contributed by atoms with Crippen molar-refractivity contribution >= 4 is 0 Å². The number of hydrogen-bond donors (Lipinski definition) is 0. The van der Waals surface area contributed by atoms with Gasteiger partial charge < -0.3 is 14.7 Å². The number of unbranched alkanes of at least 4 members (excludes halogenated alkanes) is 44. The lowest BCUT2D eigenvalue weighted by Crippen LogP contribution is -2.50. The van der Waals surface area contributed by atoms with Crippen LogP contribution in [0.15, 0.2) is 24.3 Å². The highest BCUT2D eigenvalue weighted by atomic mass is 15.3. The Hall–Kier alpha value is -0.720. The van der Waals surface area contributed by atoms with Crippen LogP contribution in [0.4, 0.5) is 0 Å². The first kappa shape index (κ1) is 77.3. The predicted molar refractivity (Wildman–Crippen MR) is 364 cm³/mol. The average Bonchev–Trinajstić information content (AvgIpc) is 3.47. The van der Waals surface area contributed by atoms with Crippen LogP contribution in [0.2, 0.25) is 0 Å². The van der Waals surface area contributed by atoms with E-state index in [4.69, 9.17) is 0 Å². The van der Waals surface area contributed by atoms with E-state index in [1.165, 1.54) is 419 Å². The summed E-state index contributed by atoms with van der Waals surface area (Å²) in [4.78, 5) is 14.4. The van der Waals surface area contributed by atoms with Gasteiger partial charge in [0.2, 0.25) is 0 Å². The molecule has 1 heterocycles. The summed E-state index contributed by atoms with van der Waals surface area (Å²) in [7, 11) is 0. The van der Waals surface area contributed by atoms with Crippen LogP contribution in [0, 0.1) is 0 Å². The Labute approximate surface area is 506 Å². The molecule has 0 spiro atoms. The molecule has 1 aliphatic rings. The maximum atomic E-state index is 2.93.